The van der Waals surface area contributed by atoms with Gasteiger partial charge in [0.25, 0.3) is 5.56 Å². The van der Waals surface area contributed by atoms with Crippen LogP contribution >= 0.6 is 0 Å². The minimum atomic E-state index is -0.390. The lowest BCUT2D eigenvalue weighted by molar-refractivity contribution is 0.184. The number of benzene rings is 1. The molecule has 1 atom stereocenters. The molecule has 2 aromatic heterocycles. The summed E-state index contributed by atoms with van der Waals surface area (Å²) in [5.41, 5.74) is 1.08. The van der Waals surface area contributed by atoms with Gasteiger partial charge in [-0.05, 0) is 30.2 Å². The summed E-state index contributed by atoms with van der Waals surface area (Å²) in [4.78, 5) is 32.7. The van der Waals surface area contributed by atoms with Crippen molar-refractivity contribution in [3.05, 3.63) is 45.1 Å². The van der Waals surface area contributed by atoms with E-state index in [-0.39, 0.29) is 24.4 Å². The summed E-state index contributed by atoms with van der Waals surface area (Å²) >= 11 is 0. The molecule has 0 unspecified atom stereocenters. The highest BCUT2D eigenvalue weighted by Gasteiger charge is 2.29. The van der Waals surface area contributed by atoms with E-state index in [0.717, 1.165) is 18.0 Å². The largest absolute Gasteiger partial charge is 0.497 e. The number of imidazole rings is 1. The van der Waals surface area contributed by atoms with Gasteiger partial charge in [-0.2, -0.15) is 4.98 Å². The standard InChI is InChI=1S/C20H25N5O4/c1-13-11-24(14-5-7-15(29-4)8-6-14)19-21-17-16(25(19)12-13)18(26)23(9-10-28-3)20(27)22(17)2/h5-8,13H,9-12H2,1-4H3/t13-/m0/s1. The Bertz CT molecular complexity index is 1160. The summed E-state index contributed by atoms with van der Waals surface area (Å²) in [6, 6.07) is 7.73. The number of hydrogen-bond donors (Lipinski definition) is 0. The van der Waals surface area contributed by atoms with Crippen molar-refractivity contribution < 1.29 is 9.47 Å². The highest BCUT2D eigenvalue weighted by molar-refractivity contribution is 5.77. The SMILES string of the molecule is COCCn1c(=O)c2c(nc3n2C[C@@H](C)CN3c2ccc(OC)cc2)n(C)c1=O. The van der Waals surface area contributed by atoms with Gasteiger partial charge in [0.05, 0.1) is 20.3 Å². The highest BCUT2D eigenvalue weighted by Crippen LogP contribution is 2.33. The van der Waals surface area contributed by atoms with E-state index in [1.165, 1.54) is 9.13 Å². The molecule has 0 aliphatic carbocycles. The van der Waals surface area contributed by atoms with Crippen LogP contribution in [-0.2, 0) is 24.9 Å². The number of nitrogens with zero attached hydrogens (tertiary/aromatic N) is 5. The van der Waals surface area contributed by atoms with Crippen molar-refractivity contribution in [1.29, 1.82) is 0 Å². The molecule has 1 aliphatic heterocycles. The third kappa shape index (κ3) is 3.11. The maximum atomic E-state index is 13.2. The van der Waals surface area contributed by atoms with Crippen LogP contribution < -0.4 is 20.9 Å². The zero-order valence-corrected chi connectivity index (χ0v) is 17.1. The van der Waals surface area contributed by atoms with E-state index >= 15 is 0 Å². The van der Waals surface area contributed by atoms with Crippen LogP contribution in [0.1, 0.15) is 6.92 Å². The molecule has 4 rings (SSSR count). The van der Waals surface area contributed by atoms with Crippen molar-refractivity contribution in [1.82, 2.24) is 18.7 Å². The van der Waals surface area contributed by atoms with Gasteiger partial charge in [-0.25, -0.2) is 4.79 Å². The van der Waals surface area contributed by atoms with Gasteiger partial charge < -0.3 is 18.9 Å². The summed E-state index contributed by atoms with van der Waals surface area (Å²) in [5.74, 6) is 1.74. The second kappa shape index (κ2) is 7.40. The van der Waals surface area contributed by atoms with Crippen LogP contribution in [0.5, 0.6) is 5.75 Å². The fourth-order valence-electron chi connectivity index (χ4n) is 3.86. The number of hydrogen-bond acceptors (Lipinski definition) is 6. The lowest BCUT2D eigenvalue weighted by Gasteiger charge is -2.33. The molecule has 0 fully saturated rings. The Kier molecular flexibility index (Phi) is 4.91. The Hall–Kier alpha value is -3.07. The third-order valence-electron chi connectivity index (χ3n) is 5.35. The minimum Gasteiger partial charge on any atom is -0.497 e. The summed E-state index contributed by atoms with van der Waals surface area (Å²) in [5, 5.41) is 0. The Morgan fingerprint density at radius 1 is 1.14 bits per heavy atom. The average Bonchev–Trinajstić information content (AvgIpc) is 3.11. The molecule has 0 saturated heterocycles. The van der Waals surface area contributed by atoms with Gasteiger partial charge in [-0.3, -0.25) is 13.9 Å². The Morgan fingerprint density at radius 2 is 1.86 bits per heavy atom. The molecule has 0 spiro atoms. The number of aromatic nitrogens is 4. The Balaban J connectivity index is 1.93. The summed E-state index contributed by atoms with van der Waals surface area (Å²) in [6.45, 7) is 4.06. The van der Waals surface area contributed by atoms with E-state index in [2.05, 4.69) is 11.8 Å². The topological polar surface area (TPSA) is 83.5 Å². The van der Waals surface area contributed by atoms with Crippen LogP contribution in [0.3, 0.4) is 0 Å². The first kappa shape index (κ1) is 19.3. The first-order valence-electron chi connectivity index (χ1n) is 9.56. The molecule has 29 heavy (non-hydrogen) atoms. The van der Waals surface area contributed by atoms with Crippen LogP contribution in [0.4, 0.5) is 11.6 Å². The Labute approximate surface area is 167 Å². The van der Waals surface area contributed by atoms with E-state index in [4.69, 9.17) is 14.5 Å². The van der Waals surface area contributed by atoms with Crippen LogP contribution in [0.15, 0.2) is 33.9 Å². The maximum Gasteiger partial charge on any atom is 0.332 e. The van der Waals surface area contributed by atoms with Crippen molar-refractivity contribution in [2.45, 2.75) is 20.0 Å². The van der Waals surface area contributed by atoms with Crippen molar-refractivity contribution in [2.75, 3.05) is 32.3 Å². The average molecular weight is 399 g/mol. The number of rotatable bonds is 5. The van der Waals surface area contributed by atoms with Crippen LogP contribution in [0, 0.1) is 5.92 Å². The van der Waals surface area contributed by atoms with Crippen LogP contribution in [-0.4, -0.2) is 46.1 Å². The minimum absolute atomic E-state index is 0.205. The quantitative estimate of drug-likeness (QED) is 0.644. The van der Waals surface area contributed by atoms with Crippen LogP contribution in [0.2, 0.25) is 0 Å². The fraction of sp³-hybridized carbons (Fsp3) is 0.450. The molecule has 1 aliphatic rings. The van der Waals surface area contributed by atoms with Gasteiger partial charge in [-0.1, -0.05) is 6.92 Å². The molecule has 3 aromatic rings. The normalized spacial score (nSPS) is 16.3. The molecule has 3 heterocycles. The maximum absolute atomic E-state index is 13.2. The number of anilines is 2. The molecule has 0 N–H and O–H groups in total. The second-order valence-electron chi connectivity index (χ2n) is 7.40. The van der Waals surface area contributed by atoms with Gasteiger partial charge in [0.1, 0.15) is 5.75 Å². The van der Waals surface area contributed by atoms with E-state index in [9.17, 15) is 9.59 Å². The molecular weight excluding hydrogens is 374 g/mol. The number of aryl methyl sites for hydroxylation is 1. The van der Waals surface area contributed by atoms with Gasteiger partial charge in [-0.15, -0.1) is 0 Å². The first-order chi connectivity index (χ1) is 14.0. The van der Waals surface area contributed by atoms with E-state index in [0.29, 0.717) is 29.6 Å². The molecule has 0 bridgehead atoms. The van der Waals surface area contributed by atoms with Crippen molar-refractivity contribution in [3.8, 4) is 5.75 Å². The van der Waals surface area contributed by atoms with E-state index in [1.807, 2.05) is 28.8 Å². The molecular formula is C20H25N5O4. The summed E-state index contributed by atoms with van der Waals surface area (Å²) in [7, 11) is 4.82. The van der Waals surface area contributed by atoms with E-state index < -0.39 is 0 Å². The predicted octanol–water partition coefficient (Wildman–Crippen LogP) is 1.34. The zero-order valence-electron chi connectivity index (χ0n) is 17.1. The number of ether oxygens (including phenoxy) is 2. The van der Waals surface area contributed by atoms with Crippen LogP contribution in [0.25, 0.3) is 11.2 Å². The lowest BCUT2D eigenvalue weighted by atomic mass is 10.1. The van der Waals surface area contributed by atoms with Gasteiger partial charge in [0, 0.05) is 32.9 Å². The first-order valence-corrected chi connectivity index (χ1v) is 9.56. The second-order valence-corrected chi connectivity index (χ2v) is 7.40. The summed E-state index contributed by atoms with van der Waals surface area (Å²) < 4.78 is 14.9. The fourth-order valence-corrected chi connectivity index (χ4v) is 3.86. The molecule has 0 saturated carbocycles. The monoisotopic (exact) mass is 399 g/mol. The van der Waals surface area contributed by atoms with Crippen molar-refractivity contribution in [3.63, 3.8) is 0 Å². The molecule has 0 amide bonds. The molecule has 1 aromatic carbocycles. The predicted molar refractivity (Wildman–Crippen MR) is 110 cm³/mol. The molecule has 9 heteroatoms. The van der Waals surface area contributed by atoms with Gasteiger partial charge in [0.2, 0.25) is 5.95 Å². The van der Waals surface area contributed by atoms with Gasteiger partial charge >= 0.3 is 5.69 Å². The van der Waals surface area contributed by atoms with Crippen molar-refractivity contribution >= 4 is 22.8 Å². The molecule has 9 nitrogen and oxygen atoms in total. The molecule has 0 radical (unpaired) electrons. The van der Waals surface area contributed by atoms with Gasteiger partial charge in [0.15, 0.2) is 11.2 Å². The third-order valence-corrected chi connectivity index (χ3v) is 5.35. The zero-order chi connectivity index (χ0) is 20.7. The number of methoxy groups -OCH3 is 2. The van der Waals surface area contributed by atoms with Crippen molar-refractivity contribution in [2.24, 2.45) is 13.0 Å². The number of fused-ring (bicyclic) bond motifs is 3. The lowest BCUT2D eigenvalue weighted by Crippen LogP contribution is -2.41. The highest BCUT2D eigenvalue weighted by atomic mass is 16.5. The smallest absolute Gasteiger partial charge is 0.332 e. The molecule has 154 valence electrons. The summed E-state index contributed by atoms with van der Waals surface area (Å²) in [6.07, 6.45) is 0. The van der Waals surface area contributed by atoms with E-state index in [1.54, 1.807) is 21.3 Å². The Morgan fingerprint density at radius 3 is 2.52 bits per heavy atom.